The lowest BCUT2D eigenvalue weighted by Crippen LogP contribution is -2.34. The lowest BCUT2D eigenvalue weighted by molar-refractivity contribution is -0.147. The molecule has 0 bridgehead atoms. The molecule has 3 N–H and O–H groups in total. The van der Waals surface area contributed by atoms with Gasteiger partial charge in [0, 0.05) is 6.61 Å². The first-order valence-electron chi connectivity index (χ1n) is 5.77. The molecule has 4 nitrogen and oxygen atoms in total. The van der Waals surface area contributed by atoms with Gasteiger partial charge in [0.25, 0.3) is 0 Å². The van der Waals surface area contributed by atoms with Crippen LogP contribution < -0.4 is 5.73 Å². The topological polar surface area (TPSA) is 72.5 Å². The van der Waals surface area contributed by atoms with Crippen LogP contribution in [0.2, 0.25) is 0 Å². The molecule has 1 rings (SSSR count). The van der Waals surface area contributed by atoms with Crippen LogP contribution in [0, 0.1) is 5.92 Å². The van der Waals surface area contributed by atoms with Crippen LogP contribution in [-0.2, 0) is 9.53 Å². The molecule has 0 aromatic carbocycles. The van der Waals surface area contributed by atoms with Gasteiger partial charge >= 0.3 is 5.97 Å². The third-order valence-corrected chi connectivity index (χ3v) is 2.93. The Morgan fingerprint density at radius 3 is 2.67 bits per heavy atom. The number of hydrogen-bond donors (Lipinski definition) is 2. The maximum atomic E-state index is 11.3. The Labute approximate surface area is 90.8 Å². The van der Waals surface area contributed by atoms with Gasteiger partial charge in [-0.3, -0.25) is 4.79 Å². The smallest absolute Gasteiger partial charge is 0.323 e. The average molecular weight is 215 g/mol. The number of carbonyl (C=O) groups is 1. The minimum absolute atomic E-state index is 0.0697. The van der Waals surface area contributed by atoms with Gasteiger partial charge in [-0.15, -0.1) is 0 Å². The molecule has 1 aliphatic rings. The van der Waals surface area contributed by atoms with Crippen molar-refractivity contribution in [2.75, 3.05) is 13.2 Å². The first kappa shape index (κ1) is 12.5. The molecule has 0 radical (unpaired) electrons. The Morgan fingerprint density at radius 2 is 2.07 bits per heavy atom. The van der Waals surface area contributed by atoms with E-state index < -0.39 is 6.04 Å². The summed E-state index contributed by atoms with van der Waals surface area (Å²) < 4.78 is 5.12. The van der Waals surface area contributed by atoms with E-state index in [4.69, 9.17) is 15.6 Å². The minimum atomic E-state index is -0.668. The van der Waals surface area contributed by atoms with Crippen LogP contribution in [0.4, 0.5) is 0 Å². The molecule has 1 atom stereocenters. The normalized spacial score (nSPS) is 19.9. The summed E-state index contributed by atoms with van der Waals surface area (Å²) in [6.07, 6.45) is 6.37. The van der Waals surface area contributed by atoms with E-state index in [1.165, 1.54) is 19.3 Å². The van der Waals surface area contributed by atoms with E-state index in [2.05, 4.69) is 0 Å². The van der Waals surface area contributed by atoms with Gasteiger partial charge in [0.05, 0.1) is 6.61 Å². The van der Waals surface area contributed by atoms with Gasteiger partial charge in [-0.05, 0) is 25.2 Å². The average Bonchev–Trinajstić information content (AvgIpc) is 2.27. The zero-order valence-corrected chi connectivity index (χ0v) is 9.15. The van der Waals surface area contributed by atoms with Crippen LogP contribution >= 0.6 is 0 Å². The van der Waals surface area contributed by atoms with E-state index in [1.54, 1.807) is 0 Å². The summed E-state index contributed by atoms with van der Waals surface area (Å²) in [5.74, 6) is 0.138. The second-order valence-electron chi connectivity index (χ2n) is 4.25. The summed E-state index contributed by atoms with van der Waals surface area (Å²) in [6, 6.07) is -0.668. The molecule has 1 aliphatic carbocycles. The molecule has 0 aliphatic heterocycles. The highest BCUT2D eigenvalue weighted by molar-refractivity contribution is 5.75. The Hall–Kier alpha value is -0.610. The van der Waals surface area contributed by atoms with E-state index >= 15 is 0 Å². The lowest BCUT2D eigenvalue weighted by Gasteiger charge is -2.21. The number of aliphatic hydroxyl groups is 1. The highest BCUT2D eigenvalue weighted by Gasteiger charge is 2.18. The van der Waals surface area contributed by atoms with Gasteiger partial charge in [0.15, 0.2) is 0 Å². The van der Waals surface area contributed by atoms with Crippen molar-refractivity contribution in [3.8, 4) is 0 Å². The number of hydrogen-bond acceptors (Lipinski definition) is 4. The molecule has 1 saturated carbocycles. The van der Waals surface area contributed by atoms with Crippen LogP contribution in [0.15, 0.2) is 0 Å². The quantitative estimate of drug-likeness (QED) is 0.666. The first-order valence-corrected chi connectivity index (χ1v) is 5.77. The fourth-order valence-corrected chi connectivity index (χ4v) is 1.92. The van der Waals surface area contributed by atoms with E-state index in [0.717, 1.165) is 12.8 Å². The fraction of sp³-hybridized carbons (Fsp3) is 0.909. The molecule has 4 heteroatoms. The number of carbonyl (C=O) groups excluding carboxylic acids is 1. The first-order chi connectivity index (χ1) is 7.24. The van der Waals surface area contributed by atoms with Gasteiger partial charge in [0.1, 0.15) is 6.04 Å². The van der Waals surface area contributed by atoms with E-state index in [9.17, 15) is 4.79 Å². The molecule has 0 saturated heterocycles. The molecule has 1 fully saturated rings. The Morgan fingerprint density at radius 1 is 1.40 bits per heavy atom. The van der Waals surface area contributed by atoms with Crippen LogP contribution in [0.25, 0.3) is 0 Å². The predicted octanol–water partition coefficient (Wildman–Crippen LogP) is 0.820. The number of esters is 1. The number of aliphatic hydroxyl groups excluding tert-OH is 1. The minimum Gasteiger partial charge on any atom is -0.464 e. The maximum absolute atomic E-state index is 11.3. The van der Waals surface area contributed by atoms with Crippen LogP contribution in [0.5, 0.6) is 0 Å². The highest BCUT2D eigenvalue weighted by atomic mass is 16.5. The summed E-state index contributed by atoms with van der Waals surface area (Å²) in [6.45, 7) is 0.428. The summed E-state index contributed by atoms with van der Waals surface area (Å²) in [4.78, 5) is 11.3. The third-order valence-electron chi connectivity index (χ3n) is 2.93. The molecule has 0 amide bonds. The number of ether oxygens (including phenoxy) is 1. The van der Waals surface area contributed by atoms with E-state index in [0.29, 0.717) is 12.5 Å². The molecule has 88 valence electrons. The van der Waals surface area contributed by atoms with Gasteiger partial charge in [-0.2, -0.15) is 0 Å². The molecule has 15 heavy (non-hydrogen) atoms. The summed E-state index contributed by atoms with van der Waals surface area (Å²) >= 11 is 0. The fourth-order valence-electron chi connectivity index (χ4n) is 1.92. The zero-order valence-electron chi connectivity index (χ0n) is 9.15. The van der Waals surface area contributed by atoms with Crippen molar-refractivity contribution in [3.05, 3.63) is 0 Å². The van der Waals surface area contributed by atoms with Crippen molar-refractivity contribution in [1.82, 2.24) is 0 Å². The predicted molar refractivity (Wildman–Crippen MR) is 57.2 cm³/mol. The molecule has 0 heterocycles. The van der Waals surface area contributed by atoms with E-state index in [-0.39, 0.29) is 19.0 Å². The lowest BCUT2D eigenvalue weighted by atomic mass is 9.90. The zero-order chi connectivity index (χ0) is 11.1. The summed E-state index contributed by atoms with van der Waals surface area (Å²) in [5, 5.41) is 8.61. The molecule has 0 unspecified atom stereocenters. The number of nitrogens with two attached hydrogens (primary N) is 1. The van der Waals surface area contributed by atoms with Crippen molar-refractivity contribution in [2.45, 2.75) is 44.6 Å². The largest absolute Gasteiger partial charge is 0.464 e. The monoisotopic (exact) mass is 215 g/mol. The summed E-state index contributed by atoms with van der Waals surface area (Å²) in [5.41, 5.74) is 5.51. The van der Waals surface area contributed by atoms with E-state index in [1.807, 2.05) is 0 Å². The van der Waals surface area contributed by atoms with Crippen molar-refractivity contribution in [2.24, 2.45) is 11.7 Å². The molecular weight excluding hydrogens is 194 g/mol. The Balaban J connectivity index is 2.14. The third kappa shape index (κ3) is 4.62. The van der Waals surface area contributed by atoms with Crippen LogP contribution in [0.1, 0.15) is 38.5 Å². The van der Waals surface area contributed by atoms with Crippen LogP contribution in [-0.4, -0.2) is 30.3 Å². The standard InChI is InChI=1S/C11H21NO3/c12-10(6-7-13)11(14)15-8-9-4-2-1-3-5-9/h9-10,13H,1-8,12H2/t10-/m1/s1. The van der Waals surface area contributed by atoms with Crippen molar-refractivity contribution >= 4 is 5.97 Å². The Bertz CT molecular complexity index is 190. The van der Waals surface area contributed by atoms with Gasteiger partial charge in [-0.1, -0.05) is 19.3 Å². The second kappa shape index (κ2) is 6.80. The molecule has 0 aromatic rings. The van der Waals surface area contributed by atoms with Gasteiger partial charge in [-0.25, -0.2) is 0 Å². The van der Waals surface area contributed by atoms with Crippen molar-refractivity contribution in [3.63, 3.8) is 0 Å². The SMILES string of the molecule is N[C@H](CCO)C(=O)OCC1CCCCC1. The van der Waals surface area contributed by atoms with Gasteiger partial charge < -0.3 is 15.6 Å². The molecule has 0 aromatic heterocycles. The Kier molecular flexibility index (Phi) is 5.65. The van der Waals surface area contributed by atoms with Crippen molar-refractivity contribution in [1.29, 1.82) is 0 Å². The highest BCUT2D eigenvalue weighted by Crippen LogP contribution is 2.23. The molecule has 0 spiro atoms. The van der Waals surface area contributed by atoms with Gasteiger partial charge in [0.2, 0.25) is 0 Å². The van der Waals surface area contributed by atoms with Crippen molar-refractivity contribution < 1.29 is 14.6 Å². The molecular formula is C11H21NO3. The van der Waals surface area contributed by atoms with Crippen LogP contribution in [0.3, 0.4) is 0 Å². The number of rotatable bonds is 5. The second-order valence-corrected chi connectivity index (χ2v) is 4.25. The summed E-state index contributed by atoms with van der Waals surface area (Å²) in [7, 11) is 0. The maximum Gasteiger partial charge on any atom is 0.323 e.